The molecule has 1 aliphatic carbocycles. The molecule has 0 N–H and O–H groups in total. The van der Waals surface area contributed by atoms with E-state index in [1.54, 1.807) is 29.2 Å². The number of carbonyl (C=O) groups excluding carboxylic acids is 2. The molecular weight excluding hydrogens is 374 g/mol. The number of amides is 1. The van der Waals surface area contributed by atoms with Gasteiger partial charge < -0.3 is 23.8 Å². The van der Waals surface area contributed by atoms with Crippen molar-refractivity contribution in [3.05, 3.63) is 59.2 Å². The zero-order chi connectivity index (χ0) is 20.3. The molecule has 148 valence electrons. The molecule has 0 spiro atoms. The van der Waals surface area contributed by atoms with Crippen LogP contribution < -0.4 is 18.9 Å². The number of ketones is 1. The molecule has 0 fully saturated rings. The van der Waals surface area contributed by atoms with Crippen molar-refractivity contribution >= 4 is 11.7 Å². The fourth-order valence-electron chi connectivity index (χ4n) is 4.52. The summed E-state index contributed by atoms with van der Waals surface area (Å²) in [6, 6.07) is 6.47. The zero-order valence-electron chi connectivity index (χ0n) is 16.1. The molecule has 2 aromatic rings. The summed E-state index contributed by atoms with van der Waals surface area (Å²) in [5.74, 6) is 1.28. The molecule has 1 amide bonds. The summed E-state index contributed by atoms with van der Waals surface area (Å²) >= 11 is 0. The maximum absolute atomic E-state index is 13.5. The molecule has 7 heteroatoms. The van der Waals surface area contributed by atoms with Crippen molar-refractivity contribution in [1.82, 2.24) is 4.90 Å². The molecule has 0 radical (unpaired) electrons. The SMILES string of the molecule is C=CCN1C(=O)c2cc(OC)c(OC)cc2[C@H]2C(=O)c3cc4c(cc3[C@H]21)OCO4. The lowest BCUT2D eigenvalue weighted by Crippen LogP contribution is -2.42. The van der Waals surface area contributed by atoms with Crippen LogP contribution >= 0.6 is 0 Å². The van der Waals surface area contributed by atoms with Crippen LogP contribution in [0.25, 0.3) is 0 Å². The average molecular weight is 393 g/mol. The molecule has 2 heterocycles. The monoisotopic (exact) mass is 393 g/mol. The molecule has 29 heavy (non-hydrogen) atoms. The standard InChI is InChI=1S/C22H19NO6/c1-4-5-23-20-12-7-17-18(29-10-28-17)8-13(12)21(24)19(20)11-6-15(26-2)16(27-3)9-14(11)22(23)25/h4,6-9,19-20H,1,5,10H2,2-3H3/t19-,20-/m1/s1. The number of methoxy groups -OCH3 is 2. The van der Waals surface area contributed by atoms with Crippen LogP contribution in [-0.4, -0.2) is 44.1 Å². The Labute approximate surface area is 167 Å². The molecule has 0 saturated carbocycles. The van der Waals surface area contributed by atoms with Gasteiger partial charge in [0.1, 0.15) is 0 Å². The van der Waals surface area contributed by atoms with Gasteiger partial charge in [-0.05, 0) is 35.4 Å². The predicted octanol–water partition coefficient (Wildman–Crippen LogP) is 3.10. The number of hydrogen-bond acceptors (Lipinski definition) is 6. The van der Waals surface area contributed by atoms with E-state index in [0.717, 1.165) is 5.56 Å². The fourth-order valence-corrected chi connectivity index (χ4v) is 4.52. The van der Waals surface area contributed by atoms with Gasteiger partial charge in [0.15, 0.2) is 28.8 Å². The summed E-state index contributed by atoms with van der Waals surface area (Å²) in [7, 11) is 3.04. The third-order valence-corrected chi connectivity index (χ3v) is 5.77. The van der Waals surface area contributed by atoms with Crippen LogP contribution in [0.5, 0.6) is 23.0 Å². The number of nitrogens with zero attached hydrogens (tertiary/aromatic N) is 1. The van der Waals surface area contributed by atoms with Crippen LogP contribution in [0.1, 0.15) is 43.8 Å². The molecule has 5 rings (SSSR count). The molecule has 0 aromatic heterocycles. The summed E-state index contributed by atoms with van der Waals surface area (Å²) in [5.41, 5.74) is 2.39. The summed E-state index contributed by atoms with van der Waals surface area (Å²) in [6.07, 6.45) is 1.66. The zero-order valence-corrected chi connectivity index (χ0v) is 16.1. The van der Waals surface area contributed by atoms with Crippen LogP contribution in [0, 0.1) is 0 Å². The molecule has 3 aliphatic rings. The minimum Gasteiger partial charge on any atom is -0.493 e. The Balaban J connectivity index is 1.75. The van der Waals surface area contributed by atoms with E-state index in [2.05, 4.69) is 6.58 Å². The lowest BCUT2D eigenvalue weighted by atomic mass is 9.82. The molecule has 0 bridgehead atoms. The van der Waals surface area contributed by atoms with Crippen LogP contribution in [0.2, 0.25) is 0 Å². The first-order valence-electron chi connectivity index (χ1n) is 9.24. The van der Waals surface area contributed by atoms with Gasteiger partial charge in [-0.2, -0.15) is 0 Å². The normalized spacial score (nSPS) is 20.8. The third kappa shape index (κ3) is 2.30. The summed E-state index contributed by atoms with van der Waals surface area (Å²) in [5, 5.41) is 0. The minimum atomic E-state index is -0.542. The first-order chi connectivity index (χ1) is 14.1. The highest BCUT2D eigenvalue weighted by atomic mass is 16.7. The van der Waals surface area contributed by atoms with Gasteiger partial charge in [-0.1, -0.05) is 6.08 Å². The van der Waals surface area contributed by atoms with Gasteiger partial charge in [0.2, 0.25) is 6.79 Å². The van der Waals surface area contributed by atoms with Crippen molar-refractivity contribution in [2.45, 2.75) is 12.0 Å². The number of fused-ring (bicyclic) bond motifs is 6. The van der Waals surface area contributed by atoms with E-state index in [-0.39, 0.29) is 18.5 Å². The summed E-state index contributed by atoms with van der Waals surface area (Å²) in [4.78, 5) is 28.5. The number of Topliss-reactive ketones (excluding diaryl/α,β-unsaturated/α-hetero) is 1. The molecule has 0 saturated heterocycles. The topological polar surface area (TPSA) is 74.3 Å². The second-order valence-electron chi connectivity index (χ2n) is 7.12. The van der Waals surface area contributed by atoms with Gasteiger partial charge in [0, 0.05) is 17.7 Å². The Hall–Kier alpha value is -3.48. The Bertz CT molecular complexity index is 1080. The van der Waals surface area contributed by atoms with Gasteiger partial charge in [0.05, 0.1) is 26.2 Å². The quantitative estimate of drug-likeness (QED) is 0.744. The van der Waals surface area contributed by atoms with E-state index in [9.17, 15) is 9.59 Å². The Morgan fingerprint density at radius 2 is 1.72 bits per heavy atom. The molecule has 2 atom stereocenters. The number of ether oxygens (including phenoxy) is 4. The van der Waals surface area contributed by atoms with E-state index in [4.69, 9.17) is 18.9 Å². The highest BCUT2D eigenvalue weighted by molar-refractivity contribution is 6.11. The maximum Gasteiger partial charge on any atom is 0.255 e. The smallest absolute Gasteiger partial charge is 0.255 e. The first kappa shape index (κ1) is 17.6. The van der Waals surface area contributed by atoms with Gasteiger partial charge in [-0.15, -0.1) is 6.58 Å². The van der Waals surface area contributed by atoms with Gasteiger partial charge in [-0.25, -0.2) is 0 Å². The second kappa shape index (κ2) is 6.27. The van der Waals surface area contributed by atoms with Crippen molar-refractivity contribution in [3.8, 4) is 23.0 Å². The first-order valence-corrected chi connectivity index (χ1v) is 9.24. The van der Waals surface area contributed by atoms with Crippen molar-refractivity contribution in [1.29, 1.82) is 0 Å². The largest absolute Gasteiger partial charge is 0.493 e. The number of hydrogen-bond donors (Lipinski definition) is 0. The van der Waals surface area contributed by atoms with Crippen LogP contribution in [0.4, 0.5) is 0 Å². The van der Waals surface area contributed by atoms with Gasteiger partial charge >= 0.3 is 0 Å². The summed E-state index contributed by atoms with van der Waals surface area (Å²) in [6.45, 7) is 4.22. The molecule has 2 aromatic carbocycles. The average Bonchev–Trinajstić information content (AvgIpc) is 3.31. The third-order valence-electron chi connectivity index (χ3n) is 5.77. The summed E-state index contributed by atoms with van der Waals surface area (Å²) < 4.78 is 21.7. The van der Waals surface area contributed by atoms with Crippen LogP contribution in [-0.2, 0) is 0 Å². The second-order valence-corrected chi connectivity index (χ2v) is 7.12. The highest BCUT2D eigenvalue weighted by Gasteiger charge is 2.51. The number of carbonyl (C=O) groups is 2. The van der Waals surface area contributed by atoms with Crippen molar-refractivity contribution < 1.29 is 28.5 Å². The Kier molecular flexibility index (Phi) is 3.81. The van der Waals surface area contributed by atoms with Crippen molar-refractivity contribution in [2.75, 3.05) is 27.6 Å². The van der Waals surface area contributed by atoms with Gasteiger partial charge in [-0.3, -0.25) is 9.59 Å². The predicted molar refractivity (Wildman–Crippen MR) is 103 cm³/mol. The van der Waals surface area contributed by atoms with E-state index < -0.39 is 12.0 Å². The highest BCUT2D eigenvalue weighted by Crippen LogP contribution is 2.54. The molecule has 0 unspecified atom stereocenters. The van der Waals surface area contributed by atoms with Crippen molar-refractivity contribution in [2.24, 2.45) is 0 Å². The number of benzene rings is 2. The van der Waals surface area contributed by atoms with Crippen molar-refractivity contribution in [3.63, 3.8) is 0 Å². The lowest BCUT2D eigenvalue weighted by molar-refractivity contribution is 0.0634. The van der Waals surface area contributed by atoms with E-state index in [1.807, 2.05) is 6.07 Å². The van der Waals surface area contributed by atoms with Crippen LogP contribution in [0.3, 0.4) is 0 Å². The molecule has 7 nitrogen and oxygen atoms in total. The Morgan fingerprint density at radius 1 is 1.03 bits per heavy atom. The van der Waals surface area contributed by atoms with E-state index >= 15 is 0 Å². The molecular formula is C22H19NO6. The Morgan fingerprint density at radius 3 is 2.41 bits per heavy atom. The number of rotatable bonds is 4. The molecule has 2 aliphatic heterocycles. The van der Waals surface area contributed by atoms with E-state index in [0.29, 0.717) is 46.2 Å². The maximum atomic E-state index is 13.5. The fraction of sp³-hybridized carbons (Fsp3) is 0.273. The van der Waals surface area contributed by atoms with E-state index in [1.165, 1.54) is 14.2 Å². The minimum absolute atomic E-state index is 0.0571. The van der Waals surface area contributed by atoms with Crippen LogP contribution in [0.15, 0.2) is 36.9 Å². The lowest BCUT2D eigenvalue weighted by Gasteiger charge is -2.38. The van der Waals surface area contributed by atoms with Gasteiger partial charge in [0.25, 0.3) is 5.91 Å².